The predicted molar refractivity (Wildman–Crippen MR) is 214 cm³/mol. The molecular formula is C41H41N3O6P3+3. The van der Waals surface area contributed by atoms with Crippen LogP contribution in [0.4, 0.5) is 0 Å². The van der Waals surface area contributed by atoms with Gasteiger partial charge in [-0.3, -0.25) is 18.1 Å². The molecule has 8 rings (SSSR count). The van der Waals surface area contributed by atoms with Crippen LogP contribution in [0, 0.1) is 0 Å². The van der Waals surface area contributed by atoms with E-state index < -0.39 is 35.2 Å². The fourth-order valence-electron chi connectivity index (χ4n) is 6.20. The molecule has 4 unspecified atom stereocenters. The molecule has 0 aromatic heterocycles. The van der Waals surface area contributed by atoms with Crippen LogP contribution in [0.1, 0.15) is 6.92 Å². The molecule has 6 aromatic carbocycles. The number of nitrogens with zero attached hydrogens (tertiary/aromatic N) is 1. The first kappa shape index (κ1) is 35.3. The first-order valence-corrected chi connectivity index (χ1v) is 22.5. The Kier molecular flexibility index (Phi) is 10.2. The Morgan fingerprint density at radius 2 is 0.774 bits per heavy atom. The molecule has 268 valence electrons. The summed E-state index contributed by atoms with van der Waals surface area (Å²) in [7, 11) is -7.76. The number of ether oxygens (including phenoxy) is 1. The molecule has 2 saturated heterocycles. The van der Waals surface area contributed by atoms with Gasteiger partial charge < -0.3 is 9.26 Å². The molecular weight excluding hydrogens is 723 g/mol. The van der Waals surface area contributed by atoms with Gasteiger partial charge in [-0.2, -0.15) is 0 Å². The maximum atomic E-state index is 7.25. The molecule has 12 heteroatoms. The Morgan fingerprint density at radius 3 is 1.17 bits per heavy atom. The lowest BCUT2D eigenvalue weighted by molar-refractivity contribution is 0.299. The van der Waals surface area contributed by atoms with Gasteiger partial charge in [-0.05, 0) is 79.7 Å². The number of benzene rings is 6. The highest BCUT2D eigenvalue weighted by molar-refractivity contribution is 7.84. The van der Waals surface area contributed by atoms with Gasteiger partial charge in [0.15, 0.2) is 28.7 Å². The average molecular weight is 765 g/mol. The van der Waals surface area contributed by atoms with Crippen molar-refractivity contribution in [3.63, 3.8) is 0 Å². The zero-order valence-corrected chi connectivity index (χ0v) is 32.0. The normalized spacial score (nSPS) is 22.9. The summed E-state index contributed by atoms with van der Waals surface area (Å²) in [6.45, 7) is 2.09. The van der Waals surface area contributed by atoms with Crippen LogP contribution in [0.2, 0.25) is 0 Å². The van der Waals surface area contributed by atoms with Gasteiger partial charge in [0.2, 0.25) is 5.78 Å². The van der Waals surface area contributed by atoms with E-state index in [4.69, 9.17) is 27.4 Å². The lowest BCUT2D eigenvalue weighted by atomic mass is 10.3. The monoisotopic (exact) mass is 764 g/mol. The summed E-state index contributed by atoms with van der Waals surface area (Å²) in [4.78, 5) is 0. The summed E-state index contributed by atoms with van der Waals surface area (Å²) in [5.41, 5.74) is 0. The third kappa shape index (κ3) is 7.43. The molecule has 0 amide bonds. The van der Waals surface area contributed by atoms with Crippen molar-refractivity contribution in [2.75, 3.05) is 7.05 Å². The third-order valence-corrected chi connectivity index (χ3v) is 19.2. The summed E-state index contributed by atoms with van der Waals surface area (Å²) in [6.07, 6.45) is 0. The molecule has 2 N–H and O–H groups in total. The minimum absolute atomic E-state index is 0.371. The van der Waals surface area contributed by atoms with Crippen molar-refractivity contribution < 1.29 is 27.4 Å². The molecule has 2 aliphatic heterocycles. The van der Waals surface area contributed by atoms with Crippen LogP contribution < -0.4 is 37.5 Å². The maximum Gasteiger partial charge on any atom is 0.564 e. The van der Waals surface area contributed by atoms with Gasteiger partial charge in [-0.1, -0.05) is 114 Å². The second-order valence-electron chi connectivity index (χ2n) is 12.5. The van der Waals surface area contributed by atoms with Gasteiger partial charge in [-0.15, -0.1) is 5.09 Å². The Balaban J connectivity index is 1.35. The molecule has 0 bridgehead atoms. The Labute approximate surface area is 312 Å². The van der Waals surface area contributed by atoms with Crippen LogP contribution >= 0.6 is 23.5 Å². The van der Waals surface area contributed by atoms with Crippen LogP contribution in [0.15, 0.2) is 182 Å². The fourth-order valence-corrected chi connectivity index (χ4v) is 17.7. The van der Waals surface area contributed by atoms with Crippen molar-refractivity contribution in [1.29, 1.82) is 0 Å². The van der Waals surface area contributed by atoms with E-state index in [1.807, 2.05) is 193 Å². The number of para-hydroxylation sites is 6. The summed E-state index contributed by atoms with van der Waals surface area (Å²) in [5, 5.41) is 7.91. The van der Waals surface area contributed by atoms with Crippen LogP contribution in [-0.4, -0.2) is 28.9 Å². The standard InChI is InChI=1S/C41H41N3O6P3/c1-33-42-51(46-35-23-11-4-12-24-35)40(41(51)45-34-21-9-3-10-22-34)43-53(49-38-29-17-7-18-30-38,50-39-31-19-8-20-32-39)44(2)52(33,47-36-25-13-5-14-26-36)48-37-27-15-6-16-28-37/h3-33,40-43H,1-2H3/q+3. The van der Waals surface area contributed by atoms with Gasteiger partial charge in [0.1, 0.15) is 5.75 Å². The Morgan fingerprint density at radius 1 is 0.434 bits per heavy atom. The third-order valence-electron chi connectivity index (χ3n) is 8.83. The number of hydrogen-bond donors (Lipinski definition) is 2. The van der Waals surface area contributed by atoms with Crippen molar-refractivity contribution in [2.24, 2.45) is 0 Å². The Hall–Kier alpha value is -4.71. The SMILES string of the molecule is CC1N[P+]2(Oc3ccccc3)C(N[P+](Oc3ccccc3)(Oc3ccccc3)N(C)[P+]1(Oc1ccccc1)Oc1ccccc1)C2Oc1ccccc1. The molecule has 9 nitrogen and oxygen atoms in total. The molecule has 0 saturated carbocycles. The van der Waals surface area contributed by atoms with Crippen molar-refractivity contribution >= 4 is 23.5 Å². The molecule has 0 aliphatic carbocycles. The smallest absolute Gasteiger partial charge is 0.446 e. The molecule has 4 atom stereocenters. The van der Waals surface area contributed by atoms with E-state index in [-0.39, 0.29) is 5.78 Å². The predicted octanol–water partition coefficient (Wildman–Crippen LogP) is 10.9. The van der Waals surface area contributed by atoms with Crippen LogP contribution in [0.25, 0.3) is 0 Å². The van der Waals surface area contributed by atoms with E-state index >= 15 is 0 Å². The molecule has 0 radical (unpaired) electrons. The summed E-state index contributed by atoms with van der Waals surface area (Å²) >= 11 is 0. The van der Waals surface area contributed by atoms with Crippen LogP contribution in [0.5, 0.6) is 34.5 Å². The second-order valence-corrected chi connectivity index (χ2v) is 20.9. The zero-order chi connectivity index (χ0) is 36.1. The number of nitrogens with one attached hydrogen (secondary N) is 2. The summed E-state index contributed by atoms with van der Waals surface area (Å²) in [5.74, 6) is 2.66. The van der Waals surface area contributed by atoms with E-state index in [0.29, 0.717) is 28.7 Å². The molecule has 2 heterocycles. The van der Waals surface area contributed by atoms with Gasteiger partial charge in [0.05, 0.1) is 11.5 Å². The van der Waals surface area contributed by atoms with Gasteiger partial charge >= 0.3 is 29.4 Å². The lowest BCUT2D eigenvalue weighted by Crippen LogP contribution is -2.48. The topological polar surface area (TPSA) is 82.7 Å². The highest BCUT2D eigenvalue weighted by atomic mass is 31.3. The van der Waals surface area contributed by atoms with Crippen molar-refractivity contribution in [1.82, 2.24) is 14.6 Å². The highest BCUT2D eigenvalue weighted by Gasteiger charge is 2.92. The maximum absolute atomic E-state index is 7.25. The minimum Gasteiger partial charge on any atom is -0.446 e. The molecule has 53 heavy (non-hydrogen) atoms. The quantitative estimate of drug-likeness (QED) is 0.118. The fraction of sp³-hybridized carbons (Fsp3) is 0.122. The second kappa shape index (κ2) is 15.3. The molecule has 6 aromatic rings. The average Bonchev–Trinajstić information content (AvgIpc) is 3.75. The first-order valence-electron chi connectivity index (χ1n) is 17.4. The van der Waals surface area contributed by atoms with E-state index in [2.05, 4.69) is 17.1 Å². The minimum atomic E-state index is -3.52. The number of rotatable bonds is 12. The number of hydrogen-bond acceptors (Lipinski definition) is 9. The number of fused-ring (bicyclic) bond motifs is 1. The Bertz CT molecular complexity index is 1980. The first-order chi connectivity index (χ1) is 26.0. The van der Waals surface area contributed by atoms with E-state index in [0.717, 1.165) is 5.75 Å². The zero-order valence-electron chi connectivity index (χ0n) is 29.3. The molecule has 2 fully saturated rings. The van der Waals surface area contributed by atoms with Gasteiger partial charge in [-0.25, -0.2) is 0 Å². The van der Waals surface area contributed by atoms with Crippen molar-refractivity contribution in [3.8, 4) is 34.5 Å². The van der Waals surface area contributed by atoms with E-state index in [1.54, 1.807) is 0 Å². The van der Waals surface area contributed by atoms with E-state index in [9.17, 15) is 0 Å². The largest absolute Gasteiger partial charge is 0.564 e. The van der Waals surface area contributed by atoms with E-state index in [1.165, 1.54) is 0 Å². The molecule has 0 spiro atoms. The molecule has 2 aliphatic rings. The lowest BCUT2D eigenvalue weighted by Gasteiger charge is -2.37. The van der Waals surface area contributed by atoms with Gasteiger partial charge in [0, 0.05) is 0 Å². The highest BCUT2D eigenvalue weighted by Crippen LogP contribution is 2.88. The summed E-state index contributed by atoms with van der Waals surface area (Å²) in [6, 6.07) is 58.5. The van der Waals surface area contributed by atoms with Crippen molar-refractivity contribution in [2.45, 2.75) is 24.3 Å². The van der Waals surface area contributed by atoms with Crippen molar-refractivity contribution in [3.05, 3.63) is 182 Å². The van der Waals surface area contributed by atoms with Crippen LogP contribution in [-0.2, 0) is 0 Å². The summed E-state index contributed by atoms with van der Waals surface area (Å²) < 4.78 is 45.0. The van der Waals surface area contributed by atoms with Crippen LogP contribution in [0.3, 0.4) is 0 Å². The van der Waals surface area contributed by atoms with Gasteiger partial charge in [0.25, 0.3) is 5.78 Å².